The Morgan fingerprint density at radius 3 is 2.45 bits per heavy atom. The first-order valence-corrected chi connectivity index (χ1v) is 22.2. The highest BCUT2D eigenvalue weighted by atomic mass is 19.1. The fourth-order valence-corrected chi connectivity index (χ4v) is 10.1. The Bertz CT molecular complexity index is 1770. The Balaban J connectivity index is 1.43. The number of likely N-dealkylation sites (N-methyl/N-ethyl adjacent to an activating group) is 1. The number of esters is 1. The number of methoxy groups -OCH3 is 1. The van der Waals surface area contributed by atoms with Gasteiger partial charge in [-0.25, -0.2) is 14.0 Å². The lowest BCUT2D eigenvalue weighted by Gasteiger charge is -2.47. The molecule has 5 heterocycles. The number of alkyl halides is 1. The smallest absolute Gasteiger partial charge is 0.410 e. The van der Waals surface area contributed by atoms with Crippen LogP contribution in [0.15, 0.2) is 42.2 Å². The third-order valence-electron chi connectivity index (χ3n) is 13.8. The Hall–Kier alpha value is -3.83. The number of carbonyl (C=O) groups is 4. The lowest BCUT2D eigenvalue weighted by Crippen LogP contribution is -2.62. The van der Waals surface area contributed by atoms with E-state index in [0.717, 1.165) is 12.5 Å². The molecule has 4 aliphatic heterocycles. The number of fused-ring (bicyclic) bond motifs is 1. The first-order chi connectivity index (χ1) is 29.2. The monoisotopic (exact) mass is 872 g/mol. The van der Waals surface area contributed by atoms with Gasteiger partial charge in [0.1, 0.15) is 18.0 Å². The van der Waals surface area contributed by atoms with Crippen LogP contribution in [0.5, 0.6) is 0 Å². The van der Waals surface area contributed by atoms with Crippen molar-refractivity contribution in [1.29, 1.82) is 0 Å². The molecule has 0 saturated carbocycles. The second kappa shape index (κ2) is 20.3. The van der Waals surface area contributed by atoms with Crippen LogP contribution in [0.2, 0.25) is 0 Å². The highest BCUT2D eigenvalue weighted by molar-refractivity contribution is 6.08. The van der Waals surface area contributed by atoms with Crippen molar-refractivity contribution in [2.45, 2.75) is 160 Å². The zero-order valence-corrected chi connectivity index (χ0v) is 38.3. The third-order valence-corrected chi connectivity index (χ3v) is 13.8. The largest absolute Gasteiger partial charge is 0.455 e. The van der Waals surface area contributed by atoms with Crippen molar-refractivity contribution in [1.82, 2.24) is 19.7 Å². The molecule has 0 radical (unpaired) electrons. The van der Waals surface area contributed by atoms with Gasteiger partial charge in [-0.3, -0.25) is 19.6 Å². The molecule has 346 valence electrons. The Morgan fingerprint density at radius 1 is 1.10 bits per heavy atom. The van der Waals surface area contributed by atoms with E-state index in [4.69, 9.17) is 23.7 Å². The molecule has 0 spiro atoms. The standard InChI is InChI=1S/C46H70FN5O10/c1-12-14-20-50(10)34-23-29(4)59-41(37(34)54)61-40-31(6)39(55)45(8,47)42(56)60-35(13-2)46(9)38(30(5)36(53)28(3)24-44(40,7)58-11)52(43(57)62-46)22-16-15-21-51-26-33(49-27-51)32-18-17-19-48-25-32/h12,17-19,25,27-31,33-35,37-38,40-41,54H,1,13-16,20-24,26H2,2-11H3/t28-,29-,30+,31+,33?,34+,35-,37-,38?,40-,41+,44-,45+,46-/m1/s1. The average molecular weight is 872 g/mol. The molecule has 0 aliphatic carbocycles. The maximum absolute atomic E-state index is 17.0. The normalized spacial score (nSPS) is 38.5. The van der Waals surface area contributed by atoms with Gasteiger partial charge in [-0.2, -0.15) is 0 Å². The van der Waals surface area contributed by atoms with Gasteiger partial charge >= 0.3 is 12.1 Å². The van der Waals surface area contributed by atoms with Crippen LogP contribution in [0.3, 0.4) is 0 Å². The molecule has 0 bridgehead atoms. The molecule has 15 nitrogen and oxygen atoms in total. The van der Waals surface area contributed by atoms with Crippen LogP contribution in [0, 0.1) is 17.8 Å². The summed E-state index contributed by atoms with van der Waals surface area (Å²) in [5, 5.41) is 11.7. The highest BCUT2D eigenvalue weighted by Crippen LogP contribution is 2.44. The number of cyclic esters (lactones) is 1. The van der Waals surface area contributed by atoms with Crippen LogP contribution in [0.25, 0.3) is 0 Å². The molecule has 14 atom stereocenters. The predicted molar refractivity (Wildman–Crippen MR) is 230 cm³/mol. The third kappa shape index (κ3) is 10.2. The van der Waals surface area contributed by atoms with Gasteiger partial charge in [-0.15, -0.1) is 6.58 Å². The van der Waals surface area contributed by atoms with Crippen molar-refractivity contribution in [2.75, 3.05) is 40.3 Å². The first-order valence-electron chi connectivity index (χ1n) is 22.2. The molecule has 3 saturated heterocycles. The number of halogens is 1. The van der Waals surface area contributed by atoms with E-state index in [1.807, 2.05) is 43.5 Å². The van der Waals surface area contributed by atoms with Gasteiger partial charge in [0.2, 0.25) is 0 Å². The highest BCUT2D eigenvalue weighted by Gasteiger charge is 2.61. The van der Waals surface area contributed by atoms with Gasteiger partial charge in [-0.1, -0.05) is 39.8 Å². The summed E-state index contributed by atoms with van der Waals surface area (Å²) in [5.74, 6) is -5.79. The van der Waals surface area contributed by atoms with Crippen LogP contribution in [-0.4, -0.2) is 155 Å². The number of pyridine rings is 1. The number of rotatable bonds is 14. The molecule has 0 aromatic carbocycles. The fourth-order valence-electron chi connectivity index (χ4n) is 10.1. The number of amides is 1. The molecule has 62 heavy (non-hydrogen) atoms. The van der Waals surface area contributed by atoms with E-state index in [0.29, 0.717) is 45.3 Å². The van der Waals surface area contributed by atoms with Crippen molar-refractivity contribution in [3.8, 4) is 0 Å². The lowest BCUT2D eigenvalue weighted by atomic mass is 9.73. The molecule has 1 N–H and O–H groups in total. The number of Topliss-reactive ketones (excluding diaryl/α,β-unsaturated/α-hetero) is 2. The minimum absolute atomic E-state index is 0.00366. The number of carbonyl (C=O) groups excluding carboxylic acids is 4. The first kappa shape index (κ1) is 49.2. The van der Waals surface area contributed by atoms with Crippen LogP contribution in [0.4, 0.5) is 9.18 Å². The van der Waals surface area contributed by atoms with E-state index in [-0.39, 0.29) is 43.4 Å². The quantitative estimate of drug-likeness (QED) is 0.108. The van der Waals surface area contributed by atoms with Crippen molar-refractivity contribution in [3.05, 3.63) is 42.7 Å². The summed E-state index contributed by atoms with van der Waals surface area (Å²) >= 11 is 0. The van der Waals surface area contributed by atoms with Gasteiger partial charge in [-0.05, 0) is 84.9 Å². The van der Waals surface area contributed by atoms with Crippen LogP contribution < -0.4 is 0 Å². The molecule has 16 heteroatoms. The fraction of sp³-hybridized carbons (Fsp3) is 0.739. The van der Waals surface area contributed by atoms with Crippen molar-refractivity contribution >= 4 is 30.0 Å². The molecule has 4 aliphatic rings. The maximum atomic E-state index is 17.0. The number of aliphatic hydroxyl groups is 1. The zero-order valence-electron chi connectivity index (χ0n) is 38.3. The summed E-state index contributed by atoms with van der Waals surface area (Å²) in [6, 6.07) is 2.56. The van der Waals surface area contributed by atoms with Gasteiger partial charge in [0.15, 0.2) is 17.7 Å². The second-order valence-corrected chi connectivity index (χ2v) is 18.5. The number of hydrogen-bond acceptors (Lipinski definition) is 14. The summed E-state index contributed by atoms with van der Waals surface area (Å²) in [6.45, 7) is 18.6. The van der Waals surface area contributed by atoms with E-state index in [1.54, 1.807) is 46.9 Å². The maximum Gasteiger partial charge on any atom is 0.410 e. The van der Waals surface area contributed by atoms with Gasteiger partial charge < -0.3 is 43.5 Å². The molecular formula is C46H70FN5O10. The van der Waals surface area contributed by atoms with Crippen molar-refractivity contribution in [3.63, 3.8) is 0 Å². The van der Waals surface area contributed by atoms with E-state index in [1.165, 1.54) is 18.9 Å². The SMILES string of the molecule is C=CCCN(C)[C@H]1C[C@@H](C)O[C@@H](O[C@@H]2[C@@H](C)C(=O)[C@](C)(F)C(=O)O[C@H](CC)[C@@]3(C)OC(=O)N(CCCCN4C=NC(c5cccnc5)C4)C3[C@@H](C)C(=O)[C@H](C)C[C@@]2(C)OC)[C@@H]1O. The number of ether oxygens (including phenoxy) is 5. The topological polar surface area (TPSA) is 170 Å². The molecule has 5 rings (SSSR count). The van der Waals surface area contributed by atoms with E-state index >= 15 is 4.39 Å². The van der Waals surface area contributed by atoms with Gasteiger partial charge in [0.25, 0.3) is 5.67 Å². The molecule has 2 unspecified atom stereocenters. The number of unbranched alkanes of at least 4 members (excludes halogenated alkanes) is 1. The van der Waals surface area contributed by atoms with Crippen molar-refractivity contribution in [2.24, 2.45) is 22.7 Å². The van der Waals surface area contributed by atoms with E-state index in [2.05, 4.69) is 21.5 Å². The number of hydrogen-bond donors (Lipinski definition) is 1. The average Bonchev–Trinajstić information content (AvgIpc) is 3.83. The predicted octanol–water partition coefficient (Wildman–Crippen LogP) is 5.49. The van der Waals surface area contributed by atoms with Gasteiger partial charge in [0.05, 0.1) is 36.2 Å². The van der Waals surface area contributed by atoms with Crippen molar-refractivity contribution < 1.29 is 52.4 Å². The molecule has 1 amide bonds. The summed E-state index contributed by atoms with van der Waals surface area (Å²) in [4.78, 5) is 71.5. The number of aliphatic imine (C=N–C) groups is 1. The Labute approximate surface area is 366 Å². The van der Waals surface area contributed by atoms with Crippen LogP contribution in [0.1, 0.15) is 106 Å². The Morgan fingerprint density at radius 2 is 1.81 bits per heavy atom. The molecule has 3 fully saturated rings. The Kier molecular flexibility index (Phi) is 16.1. The summed E-state index contributed by atoms with van der Waals surface area (Å²) in [5.41, 5.74) is -5.20. The van der Waals surface area contributed by atoms with Crippen LogP contribution >= 0.6 is 0 Å². The van der Waals surface area contributed by atoms with E-state index in [9.17, 15) is 24.3 Å². The molecular weight excluding hydrogens is 802 g/mol. The van der Waals surface area contributed by atoms with Gasteiger partial charge in [0, 0.05) is 69.5 Å². The van der Waals surface area contributed by atoms with E-state index < -0.39 is 83.1 Å². The molecule has 1 aromatic rings. The zero-order chi connectivity index (χ0) is 45.7. The second-order valence-electron chi connectivity index (χ2n) is 18.5. The number of nitrogens with zero attached hydrogens (tertiary/aromatic N) is 5. The molecule has 1 aromatic heterocycles. The lowest BCUT2D eigenvalue weighted by molar-refractivity contribution is -0.296. The summed E-state index contributed by atoms with van der Waals surface area (Å²) in [6.07, 6.45) is 3.65. The number of ketones is 2. The number of aromatic nitrogens is 1. The summed E-state index contributed by atoms with van der Waals surface area (Å²) in [7, 11) is 3.30. The summed E-state index contributed by atoms with van der Waals surface area (Å²) < 4.78 is 47.9. The van der Waals surface area contributed by atoms with Crippen LogP contribution in [-0.2, 0) is 38.1 Å². The number of aliphatic hydroxyl groups excluding tert-OH is 1. The minimum Gasteiger partial charge on any atom is -0.455 e. The minimum atomic E-state index is -3.18.